The smallest absolute Gasteiger partial charge is 0.280 e. The van der Waals surface area contributed by atoms with Crippen LogP contribution in [0, 0.1) is 13.8 Å². The van der Waals surface area contributed by atoms with E-state index in [1.165, 1.54) is 28.9 Å². The molecule has 0 radical (unpaired) electrons. The molecule has 1 amide bonds. The van der Waals surface area contributed by atoms with Crippen LogP contribution in [-0.2, 0) is 0 Å². The third-order valence-electron chi connectivity index (χ3n) is 5.80. The Labute approximate surface area is 180 Å². The summed E-state index contributed by atoms with van der Waals surface area (Å²) in [4.78, 5) is 31.8. The average Bonchev–Trinajstić information content (AvgIpc) is 3.15. The van der Waals surface area contributed by atoms with Crippen LogP contribution in [0.3, 0.4) is 0 Å². The second kappa shape index (κ2) is 8.70. The van der Waals surface area contributed by atoms with Gasteiger partial charge in [0.25, 0.3) is 11.5 Å². The number of amides is 1. The molecule has 0 aliphatic carbocycles. The largest absolute Gasteiger partial charge is 0.335 e. The van der Waals surface area contributed by atoms with E-state index >= 15 is 0 Å². The summed E-state index contributed by atoms with van der Waals surface area (Å²) in [5.74, 6) is -0.0891. The number of hydrogen-bond donors (Lipinski definition) is 0. The van der Waals surface area contributed by atoms with Crippen LogP contribution in [0.25, 0.3) is 16.5 Å². The summed E-state index contributed by atoms with van der Waals surface area (Å²) in [6, 6.07) is 7.65. The minimum atomic E-state index is -0.173. The third kappa shape index (κ3) is 3.91. The summed E-state index contributed by atoms with van der Waals surface area (Å²) >= 11 is 1.49. The Kier molecular flexibility index (Phi) is 6.01. The van der Waals surface area contributed by atoms with E-state index in [0.29, 0.717) is 35.2 Å². The highest BCUT2D eigenvalue weighted by molar-refractivity contribution is 7.11. The minimum absolute atomic E-state index is 0.0891. The lowest BCUT2D eigenvalue weighted by Crippen LogP contribution is -2.49. The molecule has 7 heteroatoms. The number of nitrogens with zero attached hydrogens (tertiary/aromatic N) is 4. The molecule has 3 aromatic rings. The first-order chi connectivity index (χ1) is 14.5. The lowest BCUT2D eigenvalue weighted by Gasteiger charge is -2.34. The summed E-state index contributed by atoms with van der Waals surface area (Å²) in [6.07, 6.45) is 2.37. The van der Waals surface area contributed by atoms with E-state index in [4.69, 9.17) is 0 Å². The summed E-state index contributed by atoms with van der Waals surface area (Å²) in [5, 5.41) is 7.72. The quantitative estimate of drug-likeness (QED) is 0.628. The fraction of sp³-hybridized carbons (Fsp3) is 0.435. The molecular weight excluding hydrogens is 396 g/mol. The van der Waals surface area contributed by atoms with Crippen LogP contribution in [0.15, 0.2) is 34.4 Å². The Morgan fingerprint density at radius 2 is 1.80 bits per heavy atom. The molecule has 2 aromatic heterocycles. The molecule has 0 unspecified atom stereocenters. The summed E-state index contributed by atoms with van der Waals surface area (Å²) in [5.41, 5.74) is 1.98. The van der Waals surface area contributed by atoms with E-state index in [9.17, 15) is 9.59 Å². The van der Waals surface area contributed by atoms with Crippen molar-refractivity contribution < 1.29 is 4.79 Å². The van der Waals surface area contributed by atoms with Gasteiger partial charge in [-0.3, -0.25) is 14.5 Å². The number of rotatable bonds is 5. The van der Waals surface area contributed by atoms with Gasteiger partial charge in [-0.1, -0.05) is 31.0 Å². The Balaban J connectivity index is 1.70. The first-order valence-corrected chi connectivity index (χ1v) is 11.5. The van der Waals surface area contributed by atoms with Crippen molar-refractivity contribution in [1.82, 2.24) is 19.6 Å². The monoisotopic (exact) mass is 424 g/mol. The number of carbonyl (C=O) groups is 1. The highest BCUT2D eigenvalue weighted by Gasteiger charge is 2.27. The number of benzene rings is 1. The van der Waals surface area contributed by atoms with Crippen LogP contribution in [0.1, 0.15) is 40.7 Å². The van der Waals surface area contributed by atoms with Crippen LogP contribution >= 0.6 is 11.3 Å². The van der Waals surface area contributed by atoms with E-state index in [1.54, 1.807) is 0 Å². The molecule has 0 N–H and O–H groups in total. The van der Waals surface area contributed by atoms with Crippen LogP contribution in [0.5, 0.6) is 0 Å². The Bertz CT molecular complexity index is 1110. The Morgan fingerprint density at radius 1 is 1.10 bits per heavy atom. The first-order valence-electron chi connectivity index (χ1n) is 10.6. The van der Waals surface area contributed by atoms with Crippen LogP contribution in [0.2, 0.25) is 0 Å². The molecule has 4 rings (SSSR count). The molecule has 1 saturated heterocycles. The molecule has 0 spiro atoms. The second-order valence-electron chi connectivity index (χ2n) is 7.97. The van der Waals surface area contributed by atoms with Gasteiger partial charge >= 0.3 is 0 Å². The van der Waals surface area contributed by atoms with Crippen molar-refractivity contribution in [1.29, 1.82) is 0 Å². The van der Waals surface area contributed by atoms with Crippen LogP contribution in [-0.4, -0.2) is 58.2 Å². The Morgan fingerprint density at radius 3 is 2.47 bits per heavy atom. The topological polar surface area (TPSA) is 58.4 Å². The van der Waals surface area contributed by atoms with Gasteiger partial charge < -0.3 is 4.90 Å². The number of unbranched alkanes of at least 4 members (excludes halogenated alkanes) is 1. The van der Waals surface area contributed by atoms with Gasteiger partial charge in [0.05, 0.1) is 11.1 Å². The van der Waals surface area contributed by atoms with E-state index < -0.39 is 0 Å². The predicted octanol–water partition coefficient (Wildman–Crippen LogP) is 3.62. The molecular formula is C23H28N4O2S. The van der Waals surface area contributed by atoms with Crippen molar-refractivity contribution in [2.75, 3.05) is 32.7 Å². The third-order valence-corrected chi connectivity index (χ3v) is 6.72. The van der Waals surface area contributed by atoms with Crippen molar-refractivity contribution in [2.24, 2.45) is 0 Å². The number of aryl methyl sites for hydroxylation is 2. The lowest BCUT2D eigenvalue weighted by atomic mass is 10.1. The van der Waals surface area contributed by atoms with Crippen molar-refractivity contribution in [3.05, 3.63) is 56.1 Å². The van der Waals surface area contributed by atoms with Gasteiger partial charge in [-0.25, -0.2) is 0 Å². The number of carbonyl (C=O) groups excluding carboxylic acids is 1. The highest BCUT2D eigenvalue weighted by atomic mass is 32.1. The van der Waals surface area contributed by atoms with Gasteiger partial charge in [0.15, 0.2) is 5.69 Å². The molecule has 1 aliphatic rings. The van der Waals surface area contributed by atoms with Crippen molar-refractivity contribution in [2.45, 2.75) is 33.6 Å². The maximum Gasteiger partial charge on any atom is 0.280 e. The predicted molar refractivity (Wildman–Crippen MR) is 122 cm³/mol. The van der Waals surface area contributed by atoms with Gasteiger partial charge in [0.1, 0.15) is 0 Å². The molecule has 1 aliphatic heterocycles. The van der Waals surface area contributed by atoms with Crippen molar-refractivity contribution in [3.63, 3.8) is 0 Å². The van der Waals surface area contributed by atoms with Gasteiger partial charge in [-0.05, 0) is 38.9 Å². The molecule has 3 heterocycles. The number of hydrogen-bond acceptors (Lipinski definition) is 5. The number of thiophene rings is 1. The zero-order valence-corrected chi connectivity index (χ0v) is 18.7. The molecule has 158 valence electrons. The molecule has 30 heavy (non-hydrogen) atoms. The first kappa shape index (κ1) is 20.8. The van der Waals surface area contributed by atoms with E-state index in [1.807, 2.05) is 48.4 Å². The molecule has 0 bridgehead atoms. The number of aromatic nitrogens is 2. The summed E-state index contributed by atoms with van der Waals surface area (Å²) < 4.78 is 1.38. The van der Waals surface area contributed by atoms with Gasteiger partial charge in [-0.2, -0.15) is 9.78 Å². The van der Waals surface area contributed by atoms with E-state index in [2.05, 4.69) is 16.9 Å². The molecule has 6 nitrogen and oxygen atoms in total. The van der Waals surface area contributed by atoms with E-state index in [-0.39, 0.29) is 11.5 Å². The fourth-order valence-electron chi connectivity index (χ4n) is 3.92. The van der Waals surface area contributed by atoms with Gasteiger partial charge in [0, 0.05) is 41.8 Å². The maximum absolute atomic E-state index is 13.4. The molecule has 1 fully saturated rings. The van der Waals surface area contributed by atoms with E-state index in [0.717, 1.165) is 30.1 Å². The molecule has 0 saturated carbocycles. The highest BCUT2D eigenvalue weighted by Crippen LogP contribution is 2.26. The zero-order valence-electron chi connectivity index (χ0n) is 17.9. The van der Waals surface area contributed by atoms with Crippen LogP contribution < -0.4 is 5.56 Å². The molecule has 0 atom stereocenters. The van der Waals surface area contributed by atoms with Crippen molar-refractivity contribution in [3.8, 4) is 5.69 Å². The van der Waals surface area contributed by atoms with Crippen LogP contribution in [0.4, 0.5) is 0 Å². The number of piperazine rings is 1. The standard InChI is InChI=1S/C23H28N4O2S/c1-4-5-10-25-11-13-26(14-12-25)23(29)21-19-15-30-17(3)20(19)22(28)27(24-21)18-8-6-16(2)7-9-18/h6-9,15H,4-5,10-14H2,1-3H3. The fourth-order valence-corrected chi connectivity index (χ4v) is 4.76. The average molecular weight is 425 g/mol. The maximum atomic E-state index is 13.4. The summed E-state index contributed by atoms with van der Waals surface area (Å²) in [6.45, 7) is 10.4. The van der Waals surface area contributed by atoms with Crippen molar-refractivity contribution >= 4 is 28.0 Å². The number of fused-ring (bicyclic) bond motifs is 1. The minimum Gasteiger partial charge on any atom is -0.335 e. The Hall–Kier alpha value is -2.51. The zero-order chi connectivity index (χ0) is 21.3. The SMILES string of the molecule is CCCCN1CCN(C(=O)c2nn(-c3ccc(C)cc3)c(=O)c3c(C)scc23)CC1. The van der Waals surface area contributed by atoms with Gasteiger partial charge in [-0.15, -0.1) is 11.3 Å². The van der Waals surface area contributed by atoms with Gasteiger partial charge in [0.2, 0.25) is 0 Å². The summed E-state index contributed by atoms with van der Waals surface area (Å²) in [7, 11) is 0. The second-order valence-corrected chi connectivity index (χ2v) is 9.05. The normalized spacial score (nSPS) is 15.1. The molecule has 1 aromatic carbocycles. The lowest BCUT2D eigenvalue weighted by molar-refractivity contribution is 0.0630.